The van der Waals surface area contributed by atoms with Crippen molar-refractivity contribution in [1.82, 2.24) is 15.1 Å². The number of benzene rings is 2. The summed E-state index contributed by atoms with van der Waals surface area (Å²) in [5.74, 6) is 0.410. The minimum absolute atomic E-state index is 0.0227. The number of carbonyl (C=O) groups is 2. The molecule has 150 valence electrons. The smallest absolute Gasteiger partial charge is 0.247 e. The Hall–Kier alpha value is -3.48. The van der Waals surface area contributed by atoms with Crippen LogP contribution >= 0.6 is 0 Å². The molecule has 7 heteroatoms. The van der Waals surface area contributed by atoms with Gasteiger partial charge in [-0.3, -0.25) is 9.59 Å². The number of amides is 2. The first-order valence-corrected chi connectivity index (χ1v) is 9.40. The molecule has 7 nitrogen and oxygen atoms in total. The van der Waals surface area contributed by atoms with Crippen LogP contribution in [0.1, 0.15) is 23.4 Å². The molecule has 0 fully saturated rings. The first-order valence-electron chi connectivity index (χ1n) is 9.40. The van der Waals surface area contributed by atoms with E-state index in [1.807, 2.05) is 62.4 Å². The number of likely N-dealkylation sites (N-methyl/N-ethyl adjacent to an activating group) is 1. The predicted octanol–water partition coefficient (Wildman–Crippen LogP) is 3.38. The van der Waals surface area contributed by atoms with Gasteiger partial charge in [-0.05, 0) is 38.1 Å². The van der Waals surface area contributed by atoms with Crippen molar-refractivity contribution in [3.63, 3.8) is 0 Å². The standard InChI is InChI=1S/C22H24N4O3/c1-15-4-8-17(9-5-15)22-25-24-20(29-22)12-13-21(28)26(3)14-19(27)23-18-10-6-16(2)7-11-18/h4-11H,12-14H2,1-3H3,(H,23,27). The average molecular weight is 392 g/mol. The number of hydrogen-bond acceptors (Lipinski definition) is 5. The molecule has 1 heterocycles. The molecule has 2 amide bonds. The van der Waals surface area contributed by atoms with Gasteiger partial charge in [0.1, 0.15) is 0 Å². The maximum atomic E-state index is 12.3. The van der Waals surface area contributed by atoms with Crippen molar-refractivity contribution in [3.8, 4) is 11.5 Å². The molecular formula is C22H24N4O3. The van der Waals surface area contributed by atoms with Gasteiger partial charge in [0.2, 0.25) is 23.6 Å². The highest BCUT2D eigenvalue weighted by Crippen LogP contribution is 2.18. The summed E-state index contributed by atoms with van der Waals surface area (Å²) in [5.41, 5.74) is 3.80. The molecular weight excluding hydrogens is 368 g/mol. The Labute approximate surface area is 169 Å². The molecule has 0 atom stereocenters. The number of hydrogen-bond donors (Lipinski definition) is 1. The van der Waals surface area contributed by atoms with E-state index in [0.29, 0.717) is 23.9 Å². The largest absolute Gasteiger partial charge is 0.421 e. The summed E-state index contributed by atoms with van der Waals surface area (Å²) in [6.45, 7) is 3.96. The first-order chi connectivity index (χ1) is 13.9. The number of nitrogens with one attached hydrogen (secondary N) is 1. The van der Waals surface area contributed by atoms with Crippen LogP contribution in [0.15, 0.2) is 52.9 Å². The lowest BCUT2D eigenvalue weighted by molar-refractivity contribution is -0.133. The second-order valence-electron chi connectivity index (χ2n) is 7.03. The molecule has 0 aliphatic rings. The van der Waals surface area contributed by atoms with E-state index in [2.05, 4.69) is 15.5 Å². The minimum Gasteiger partial charge on any atom is -0.421 e. The number of carbonyl (C=O) groups excluding carboxylic acids is 2. The van der Waals surface area contributed by atoms with Crippen LogP contribution in [0.25, 0.3) is 11.5 Å². The third kappa shape index (κ3) is 5.75. The van der Waals surface area contributed by atoms with E-state index >= 15 is 0 Å². The molecule has 0 saturated carbocycles. The van der Waals surface area contributed by atoms with Crippen LogP contribution in [0.2, 0.25) is 0 Å². The van der Waals surface area contributed by atoms with Gasteiger partial charge < -0.3 is 14.6 Å². The topological polar surface area (TPSA) is 88.3 Å². The maximum Gasteiger partial charge on any atom is 0.247 e. The fourth-order valence-electron chi connectivity index (χ4n) is 2.71. The molecule has 0 aliphatic carbocycles. The molecule has 0 bridgehead atoms. The zero-order valence-electron chi connectivity index (χ0n) is 16.8. The van der Waals surface area contributed by atoms with Gasteiger partial charge in [0.15, 0.2) is 0 Å². The van der Waals surface area contributed by atoms with Crippen LogP contribution in [0, 0.1) is 13.8 Å². The van der Waals surface area contributed by atoms with E-state index in [0.717, 1.165) is 16.7 Å². The number of nitrogens with zero attached hydrogens (tertiary/aromatic N) is 3. The summed E-state index contributed by atoms with van der Waals surface area (Å²) in [6, 6.07) is 15.3. The minimum atomic E-state index is -0.246. The van der Waals surface area contributed by atoms with Crippen LogP contribution in [-0.4, -0.2) is 40.5 Å². The van der Waals surface area contributed by atoms with Crippen LogP contribution in [0.4, 0.5) is 5.69 Å². The molecule has 29 heavy (non-hydrogen) atoms. The Kier molecular flexibility index (Phi) is 6.39. The van der Waals surface area contributed by atoms with Crippen molar-refractivity contribution in [2.24, 2.45) is 0 Å². The lowest BCUT2D eigenvalue weighted by Crippen LogP contribution is -2.35. The van der Waals surface area contributed by atoms with Gasteiger partial charge in [0.25, 0.3) is 0 Å². The Morgan fingerprint density at radius 2 is 1.59 bits per heavy atom. The molecule has 1 aromatic heterocycles. The molecule has 0 spiro atoms. The maximum absolute atomic E-state index is 12.3. The monoisotopic (exact) mass is 392 g/mol. The summed E-state index contributed by atoms with van der Waals surface area (Å²) < 4.78 is 5.64. The van der Waals surface area contributed by atoms with Crippen molar-refractivity contribution in [2.75, 3.05) is 18.9 Å². The van der Waals surface area contributed by atoms with Gasteiger partial charge in [-0.2, -0.15) is 0 Å². The highest BCUT2D eigenvalue weighted by molar-refractivity contribution is 5.94. The molecule has 1 N–H and O–H groups in total. The summed E-state index contributed by atoms with van der Waals surface area (Å²) >= 11 is 0. The van der Waals surface area contributed by atoms with Crippen LogP contribution in [-0.2, 0) is 16.0 Å². The van der Waals surface area contributed by atoms with Crippen LogP contribution < -0.4 is 5.32 Å². The van der Waals surface area contributed by atoms with E-state index in [9.17, 15) is 9.59 Å². The fourth-order valence-corrected chi connectivity index (χ4v) is 2.71. The molecule has 0 aliphatic heterocycles. The third-order valence-electron chi connectivity index (χ3n) is 4.46. The van der Waals surface area contributed by atoms with E-state index < -0.39 is 0 Å². The van der Waals surface area contributed by atoms with E-state index in [4.69, 9.17) is 4.42 Å². The third-order valence-corrected chi connectivity index (χ3v) is 4.46. The lowest BCUT2D eigenvalue weighted by atomic mass is 10.1. The quantitative estimate of drug-likeness (QED) is 0.666. The van der Waals surface area contributed by atoms with E-state index in [-0.39, 0.29) is 24.8 Å². The number of rotatable bonds is 7. The number of aryl methyl sites for hydroxylation is 3. The summed E-state index contributed by atoms with van der Waals surface area (Å²) in [4.78, 5) is 25.8. The molecule has 3 aromatic rings. The average Bonchev–Trinajstić information content (AvgIpc) is 3.17. The summed E-state index contributed by atoms with van der Waals surface area (Å²) in [6.07, 6.45) is 0.505. The van der Waals surface area contributed by atoms with Crippen LogP contribution in [0.3, 0.4) is 0 Å². The zero-order chi connectivity index (χ0) is 20.8. The Morgan fingerprint density at radius 3 is 2.24 bits per heavy atom. The highest BCUT2D eigenvalue weighted by Gasteiger charge is 2.15. The highest BCUT2D eigenvalue weighted by atomic mass is 16.4. The van der Waals surface area contributed by atoms with Gasteiger partial charge in [0, 0.05) is 31.1 Å². The predicted molar refractivity (Wildman–Crippen MR) is 110 cm³/mol. The molecule has 2 aromatic carbocycles. The second kappa shape index (κ2) is 9.14. The van der Waals surface area contributed by atoms with E-state index in [1.54, 1.807) is 7.05 Å². The van der Waals surface area contributed by atoms with Gasteiger partial charge in [-0.15, -0.1) is 10.2 Å². The second-order valence-corrected chi connectivity index (χ2v) is 7.03. The molecule has 0 unspecified atom stereocenters. The first kappa shape index (κ1) is 20.3. The zero-order valence-corrected chi connectivity index (χ0v) is 16.8. The van der Waals surface area contributed by atoms with Crippen molar-refractivity contribution in [2.45, 2.75) is 26.7 Å². The van der Waals surface area contributed by atoms with Crippen molar-refractivity contribution in [1.29, 1.82) is 0 Å². The SMILES string of the molecule is Cc1ccc(NC(=O)CN(C)C(=O)CCc2nnc(-c3ccc(C)cc3)o2)cc1. The normalized spacial score (nSPS) is 10.6. The van der Waals surface area contributed by atoms with Gasteiger partial charge in [0.05, 0.1) is 6.54 Å². The number of anilines is 1. The summed E-state index contributed by atoms with van der Waals surface area (Å²) in [5, 5.41) is 10.8. The Balaban J connectivity index is 1.48. The van der Waals surface area contributed by atoms with Crippen molar-refractivity contribution < 1.29 is 14.0 Å². The molecule has 0 saturated heterocycles. The lowest BCUT2D eigenvalue weighted by Gasteiger charge is -2.16. The van der Waals surface area contributed by atoms with Crippen molar-refractivity contribution >= 4 is 17.5 Å². The Bertz CT molecular complexity index is 978. The van der Waals surface area contributed by atoms with Gasteiger partial charge >= 0.3 is 0 Å². The van der Waals surface area contributed by atoms with Crippen molar-refractivity contribution in [3.05, 3.63) is 65.5 Å². The number of aromatic nitrogens is 2. The van der Waals surface area contributed by atoms with Gasteiger partial charge in [-0.1, -0.05) is 35.4 Å². The molecule has 0 radical (unpaired) electrons. The van der Waals surface area contributed by atoms with Crippen LogP contribution in [0.5, 0.6) is 0 Å². The van der Waals surface area contributed by atoms with E-state index in [1.165, 1.54) is 4.90 Å². The Morgan fingerprint density at radius 1 is 0.966 bits per heavy atom. The van der Waals surface area contributed by atoms with Gasteiger partial charge in [-0.25, -0.2) is 0 Å². The fraction of sp³-hybridized carbons (Fsp3) is 0.273. The molecule has 3 rings (SSSR count). The summed E-state index contributed by atoms with van der Waals surface area (Å²) in [7, 11) is 1.60.